The Bertz CT molecular complexity index is 935. The van der Waals surface area contributed by atoms with Crippen molar-refractivity contribution in [3.63, 3.8) is 0 Å². The molecule has 1 aliphatic heterocycles. The van der Waals surface area contributed by atoms with E-state index >= 15 is 0 Å². The summed E-state index contributed by atoms with van der Waals surface area (Å²) in [5.41, 5.74) is -0.781. The minimum atomic E-state index is -5.45. The summed E-state index contributed by atoms with van der Waals surface area (Å²) in [5, 5.41) is 19.4. The summed E-state index contributed by atoms with van der Waals surface area (Å²) in [6.07, 6.45) is -5.21. The van der Waals surface area contributed by atoms with Gasteiger partial charge in [0.1, 0.15) is 23.8 Å². The zero-order valence-electron chi connectivity index (χ0n) is 12.7. The number of H-pyrrole nitrogens is 1. The third-order valence-corrected chi connectivity index (χ3v) is 5.92. The molecule has 18 heteroatoms. The van der Waals surface area contributed by atoms with Crippen molar-refractivity contribution in [3.8, 4) is 0 Å². The van der Waals surface area contributed by atoms with E-state index in [2.05, 4.69) is 13.8 Å². The number of hydrogen-bond acceptors (Lipinski definition) is 9. The average Bonchev–Trinajstić information content (AvgIpc) is 2.72. The van der Waals surface area contributed by atoms with Gasteiger partial charge in [0.25, 0.3) is 11.4 Å². The second kappa shape index (κ2) is 7.71. The number of ether oxygens (including phenoxy) is 1. The van der Waals surface area contributed by atoms with E-state index in [-0.39, 0.29) is 4.77 Å². The summed E-state index contributed by atoms with van der Waals surface area (Å²) in [6.45, 7) is -1.57. The molecule has 0 aliphatic carbocycles. The van der Waals surface area contributed by atoms with Crippen molar-refractivity contribution in [2.24, 2.45) is 0 Å². The lowest BCUT2D eigenvalue weighted by atomic mass is 10.1. The Morgan fingerprint density at radius 3 is 2.56 bits per heavy atom. The molecule has 6 N–H and O–H groups in total. The van der Waals surface area contributed by atoms with Gasteiger partial charge >= 0.3 is 15.6 Å². The molecule has 13 nitrogen and oxygen atoms in total. The van der Waals surface area contributed by atoms with Crippen LogP contribution in [0.4, 0.5) is 4.39 Å². The quantitative estimate of drug-likeness (QED) is 0.233. The van der Waals surface area contributed by atoms with Crippen molar-refractivity contribution in [3.05, 3.63) is 26.3 Å². The molecule has 154 valence electrons. The summed E-state index contributed by atoms with van der Waals surface area (Å²) in [4.78, 5) is 39.6. The lowest BCUT2D eigenvalue weighted by molar-refractivity contribution is -0.204. The molecule has 0 saturated carbocycles. The van der Waals surface area contributed by atoms with Crippen molar-refractivity contribution in [1.29, 1.82) is 0 Å². The van der Waals surface area contributed by atoms with Gasteiger partial charge in [-0.05, 0) is 12.2 Å². The molecular weight excluding hydrogens is 461 g/mol. The van der Waals surface area contributed by atoms with Crippen molar-refractivity contribution in [2.45, 2.75) is 24.3 Å². The Morgan fingerprint density at radius 1 is 1.41 bits per heavy atom. The predicted molar refractivity (Wildman–Crippen MR) is 85.8 cm³/mol. The Hall–Kier alpha value is -0.540. The van der Waals surface area contributed by atoms with Crippen LogP contribution in [-0.2, 0) is 22.7 Å². The maximum absolute atomic E-state index is 14.8. The number of aromatic nitrogens is 2. The fourth-order valence-corrected chi connectivity index (χ4v) is 4.07. The molecule has 1 fully saturated rings. The normalized spacial score (nSPS) is 31.0. The molecule has 1 aromatic rings. The average molecular weight is 473 g/mol. The first-order chi connectivity index (χ1) is 12.2. The van der Waals surface area contributed by atoms with Gasteiger partial charge in [0.15, 0.2) is 11.0 Å². The molecule has 5 atom stereocenters. The van der Waals surface area contributed by atoms with Gasteiger partial charge in [-0.2, -0.15) is 4.31 Å². The monoisotopic (exact) mass is 472 g/mol. The van der Waals surface area contributed by atoms with E-state index in [0.717, 1.165) is 10.8 Å². The van der Waals surface area contributed by atoms with Crippen LogP contribution in [0.3, 0.4) is 0 Å². The molecule has 1 aliphatic rings. The second-order valence-electron chi connectivity index (χ2n) is 5.19. The number of hydrogen-bond donors (Lipinski definition) is 6. The molecule has 0 bridgehead atoms. The first kappa shape index (κ1) is 22.7. The van der Waals surface area contributed by atoms with Gasteiger partial charge in [0, 0.05) is 6.20 Å². The molecule has 0 aromatic carbocycles. The van der Waals surface area contributed by atoms with Gasteiger partial charge in [-0.25, -0.2) is 13.5 Å². The van der Waals surface area contributed by atoms with Crippen molar-refractivity contribution < 1.29 is 52.0 Å². The lowest BCUT2D eigenvalue weighted by Crippen LogP contribution is -2.42. The summed E-state index contributed by atoms with van der Waals surface area (Å²) >= 11 is 10.4. The van der Waals surface area contributed by atoms with Crippen molar-refractivity contribution in [2.75, 3.05) is 6.61 Å². The van der Waals surface area contributed by atoms with Gasteiger partial charge in [0.05, 0.1) is 0 Å². The first-order valence-electron chi connectivity index (χ1n) is 6.63. The van der Waals surface area contributed by atoms with Crippen LogP contribution < -0.4 is 5.56 Å². The summed E-state index contributed by atoms with van der Waals surface area (Å²) in [7, 11) is -10.9. The number of alkyl halides is 1. The van der Waals surface area contributed by atoms with E-state index < -0.39 is 57.1 Å². The molecule has 1 unspecified atom stereocenters. The molecule has 27 heavy (non-hydrogen) atoms. The zero-order valence-corrected chi connectivity index (χ0v) is 16.1. The van der Waals surface area contributed by atoms with Crippen LogP contribution >= 0.6 is 39.5 Å². The number of phosphoric acid groups is 2. The van der Waals surface area contributed by atoms with E-state index in [0.29, 0.717) is 0 Å². The smallest absolute Gasteiger partial charge is 0.385 e. The standard InChI is InChI=1S/C9H12ClFN2O11P2S/c10-3-1-13(8(27)12-6(3)16)7-4(14)5(15)9(11,23-7)2-22-26(20,21)24-25(17,18)19/h1,4-5,7,14-15H,2H2,(H,20,21)(H,12,16,27)(H2,17,18,19)/t4-,5+,7-,9-/m1/s1. The largest absolute Gasteiger partial charge is 0.481 e. The highest BCUT2D eigenvalue weighted by atomic mass is 35.5. The van der Waals surface area contributed by atoms with E-state index in [1.54, 1.807) is 0 Å². The lowest BCUT2D eigenvalue weighted by Gasteiger charge is -2.24. The summed E-state index contributed by atoms with van der Waals surface area (Å²) < 4.78 is 49.5. The van der Waals surface area contributed by atoms with E-state index in [1.807, 2.05) is 0 Å². The van der Waals surface area contributed by atoms with E-state index in [4.69, 9.17) is 43.2 Å². The number of phosphoric ester groups is 1. The summed E-state index contributed by atoms with van der Waals surface area (Å²) in [5.74, 6) is -3.32. The molecule has 1 saturated heterocycles. The van der Waals surface area contributed by atoms with Gasteiger partial charge in [-0.1, -0.05) is 11.6 Å². The number of nitrogens with zero attached hydrogens (tertiary/aromatic N) is 1. The SMILES string of the molecule is O=c1[nH]c(=S)n([C@@H]2O[C@](F)(COP(=O)(O)OP(=O)(O)O)[C@@H](O)[C@H]2O)cc1Cl. The number of rotatable bonds is 6. The highest BCUT2D eigenvalue weighted by Crippen LogP contribution is 2.58. The third kappa shape index (κ3) is 5.29. The second-order valence-corrected chi connectivity index (χ2v) is 8.81. The van der Waals surface area contributed by atoms with Crippen LogP contribution in [0.1, 0.15) is 6.23 Å². The van der Waals surface area contributed by atoms with Gasteiger partial charge in [-0.3, -0.25) is 18.9 Å². The van der Waals surface area contributed by atoms with Gasteiger partial charge in [0.2, 0.25) is 0 Å². The molecule has 2 heterocycles. The molecular formula is C9H12ClFN2O11P2S. The Morgan fingerprint density at radius 2 is 2.00 bits per heavy atom. The van der Waals surface area contributed by atoms with Crippen LogP contribution in [0.2, 0.25) is 5.02 Å². The molecule has 2 rings (SSSR count). The van der Waals surface area contributed by atoms with Gasteiger partial charge in [-0.15, -0.1) is 0 Å². The predicted octanol–water partition coefficient (Wildman–Crippen LogP) is -0.298. The highest BCUT2D eigenvalue weighted by Gasteiger charge is 2.57. The van der Waals surface area contributed by atoms with Crippen LogP contribution in [0.15, 0.2) is 11.0 Å². The number of aromatic amines is 1. The van der Waals surface area contributed by atoms with Crippen molar-refractivity contribution >= 4 is 39.5 Å². The van der Waals surface area contributed by atoms with Crippen molar-refractivity contribution in [1.82, 2.24) is 9.55 Å². The maximum Gasteiger partial charge on any atom is 0.481 e. The minimum Gasteiger partial charge on any atom is -0.385 e. The number of aliphatic hydroxyl groups is 2. The highest BCUT2D eigenvalue weighted by molar-refractivity contribution is 7.71. The van der Waals surface area contributed by atoms with Crippen LogP contribution in [0.25, 0.3) is 0 Å². The fraction of sp³-hybridized carbons (Fsp3) is 0.556. The Balaban J connectivity index is 2.24. The Kier molecular flexibility index (Phi) is 6.49. The number of aliphatic hydroxyl groups excluding tert-OH is 2. The summed E-state index contributed by atoms with van der Waals surface area (Å²) in [6, 6.07) is 0. The molecule has 0 spiro atoms. The van der Waals surface area contributed by atoms with Crippen LogP contribution in [-0.4, -0.2) is 59.1 Å². The van der Waals surface area contributed by atoms with Gasteiger partial charge < -0.3 is 29.6 Å². The molecule has 0 amide bonds. The topological polar surface area (TPSA) is 201 Å². The molecule has 1 aromatic heterocycles. The minimum absolute atomic E-state index is 0.358. The van der Waals surface area contributed by atoms with E-state index in [9.17, 15) is 28.5 Å². The third-order valence-electron chi connectivity index (χ3n) is 3.21. The number of halogens is 2. The fourth-order valence-electron chi connectivity index (χ4n) is 2.07. The van der Waals surface area contributed by atoms with Crippen LogP contribution in [0.5, 0.6) is 0 Å². The first-order valence-corrected chi connectivity index (χ1v) is 10.4. The van der Waals surface area contributed by atoms with E-state index in [1.165, 1.54) is 0 Å². The molecule has 0 radical (unpaired) electrons. The maximum atomic E-state index is 14.8. The number of nitrogens with one attached hydrogen (secondary N) is 1. The Labute approximate surface area is 158 Å². The zero-order chi connectivity index (χ0) is 20.8. The van der Waals surface area contributed by atoms with Crippen LogP contribution in [0, 0.1) is 4.77 Å².